The highest BCUT2D eigenvalue weighted by molar-refractivity contribution is 5.79. The van der Waals surface area contributed by atoms with Crippen molar-refractivity contribution < 1.29 is 0 Å². The number of likely N-dealkylation sites (tertiary alicyclic amines) is 1. The predicted octanol–water partition coefficient (Wildman–Crippen LogP) is 3.13. The van der Waals surface area contributed by atoms with Crippen molar-refractivity contribution in [1.82, 2.24) is 24.6 Å². The quantitative estimate of drug-likeness (QED) is 0.735. The van der Waals surface area contributed by atoms with E-state index in [1.807, 2.05) is 17.8 Å². The number of aryl methyl sites for hydroxylation is 2. The maximum atomic E-state index is 4.62. The lowest BCUT2D eigenvalue weighted by molar-refractivity contribution is 0.175. The molecule has 0 radical (unpaired) electrons. The number of aromatic nitrogens is 4. The summed E-state index contributed by atoms with van der Waals surface area (Å²) in [5.74, 6) is 1.82. The molecule has 3 aromatic rings. The molecule has 0 unspecified atom stereocenters. The minimum atomic E-state index is 0.719. The lowest BCUT2D eigenvalue weighted by Crippen LogP contribution is -2.34. The van der Waals surface area contributed by atoms with Gasteiger partial charge in [-0.3, -0.25) is 9.88 Å². The Balaban J connectivity index is 1.36. The minimum Gasteiger partial charge on any atom is -0.321 e. The number of benzene rings is 1. The highest BCUT2D eigenvalue weighted by Gasteiger charge is 2.21. The molecule has 1 aromatic carbocycles. The molecular weight excluding hydrogens is 310 g/mol. The third-order valence-corrected chi connectivity index (χ3v) is 5.28. The average molecular weight is 335 g/mol. The Bertz CT molecular complexity index is 861. The lowest BCUT2D eigenvalue weighted by atomic mass is 9.93. The Morgan fingerprint density at radius 3 is 2.76 bits per heavy atom. The number of pyridine rings is 1. The molecule has 5 heteroatoms. The zero-order chi connectivity index (χ0) is 17.2. The van der Waals surface area contributed by atoms with Crippen molar-refractivity contribution in [3.05, 3.63) is 53.7 Å². The van der Waals surface area contributed by atoms with Crippen molar-refractivity contribution in [1.29, 1.82) is 0 Å². The summed E-state index contributed by atoms with van der Waals surface area (Å²) in [4.78, 5) is 7.17. The molecule has 0 spiro atoms. The van der Waals surface area contributed by atoms with Gasteiger partial charge in [-0.25, -0.2) is 0 Å². The second-order valence-corrected chi connectivity index (χ2v) is 7.32. The first kappa shape index (κ1) is 16.2. The molecule has 5 nitrogen and oxygen atoms in total. The summed E-state index contributed by atoms with van der Waals surface area (Å²) in [5.41, 5.74) is 3.68. The molecule has 4 rings (SSSR count). The topological polar surface area (TPSA) is 46.8 Å². The fraction of sp³-hybridized carbons (Fsp3) is 0.450. The highest BCUT2D eigenvalue weighted by atomic mass is 15.2. The van der Waals surface area contributed by atoms with Gasteiger partial charge in [0.25, 0.3) is 0 Å². The molecule has 3 heterocycles. The van der Waals surface area contributed by atoms with Gasteiger partial charge in [-0.05, 0) is 62.5 Å². The van der Waals surface area contributed by atoms with E-state index < -0.39 is 0 Å². The van der Waals surface area contributed by atoms with Crippen LogP contribution in [0.25, 0.3) is 10.9 Å². The summed E-state index contributed by atoms with van der Waals surface area (Å²) >= 11 is 0. The van der Waals surface area contributed by atoms with Crippen molar-refractivity contribution in [2.24, 2.45) is 13.0 Å². The van der Waals surface area contributed by atoms with Crippen LogP contribution in [-0.4, -0.2) is 37.7 Å². The zero-order valence-electron chi connectivity index (χ0n) is 15.0. The van der Waals surface area contributed by atoms with Crippen molar-refractivity contribution in [2.45, 2.75) is 32.7 Å². The fourth-order valence-electron chi connectivity index (χ4n) is 3.74. The summed E-state index contributed by atoms with van der Waals surface area (Å²) in [7, 11) is 2.03. The largest absolute Gasteiger partial charge is 0.321 e. The van der Waals surface area contributed by atoms with Gasteiger partial charge in [-0.1, -0.05) is 11.6 Å². The van der Waals surface area contributed by atoms with Crippen LogP contribution in [0.1, 0.15) is 29.8 Å². The molecule has 130 valence electrons. The summed E-state index contributed by atoms with van der Waals surface area (Å²) in [5, 5.41) is 9.45. The monoisotopic (exact) mass is 335 g/mol. The van der Waals surface area contributed by atoms with Crippen LogP contribution in [0.2, 0.25) is 0 Å². The average Bonchev–Trinajstić information content (AvgIpc) is 3.01. The molecule has 1 aliphatic rings. The van der Waals surface area contributed by atoms with Crippen LogP contribution in [0.3, 0.4) is 0 Å². The van der Waals surface area contributed by atoms with E-state index in [1.54, 1.807) is 6.33 Å². The molecule has 1 fully saturated rings. The van der Waals surface area contributed by atoms with Gasteiger partial charge in [0, 0.05) is 31.6 Å². The van der Waals surface area contributed by atoms with Crippen LogP contribution < -0.4 is 0 Å². The summed E-state index contributed by atoms with van der Waals surface area (Å²) in [6.07, 6.45) is 7.32. The number of hydrogen-bond acceptors (Lipinski definition) is 4. The van der Waals surface area contributed by atoms with Gasteiger partial charge in [-0.15, -0.1) is 10.2 Å². The SMILES string of the molecule is Cc1ccc2ncc(CN3CCC(Cc4nncn4C)CC3)cc2c1. The van der Waals surface area contributed by atoms with Crippen LogP contribution >= 0.6 is 0 Å². The van der Waals surface area contributed by atoms with Gasteiger partial charge < -0.3 is 4.57 Å². The normalized spacial score (nSPS) is 16.6. The van der Waals surface area contributed by atoms with E-state index in [1.165, 1.54) is 29.4 Å². The molecule has 0 N–H and O–H groups in total. The first-order valence-electron chi connectivity index (χ1n) is 9.08. The van der Waals surface area contributed by atoms with Gasteiger partial charge in [0.05, 0.1) is 5.52 Å². The zero-order valence-corrected chi connectivity index (χ0v) is 15.0. The first-order chi connectivity index (χ1) is 12.2. The van der Waals surface area contributed by atoms with Gasteiger partial charge in [0.1, 0.15) is 12.2 Å². The van der Waals surface area contributed by atoms with Crippen molar-refractivity contribution in [3.8, 4) is 0 Å². The molecular formula is C20H25N5. The molecule has 0 amide bonds. The maximum absolute atomic E-state index is 4.62. The smallest absolute Gasteiger partial charge is 0.132 e. The van der Waals surface area contributed by atoms with Crippen LogP contribution in [-0.2, 0) is 20.0 Å². The number of fused-ring (bicyclic) bond motifs is 1. The third kappa shape index (κ3) is 3.71. The van der Waals surface area contributed by atoms with Gasteiger partial charge in [0.15, 0.2) is 0 Å². The number of piperidine rings is 1. The van der Waals surface area contributed by atoms with Crippen LogP contribution in [0, 0.1) is 12.8 Å². The van der Waals surface area contributed by atoms with Gasteiger partial charge >= 0.3 is 0 Å². The molecule has 0 bridgehead atoms. The van der Waals surface area contributed by atoms with Gasteiger partial charge in [0.2, 0.25) is 0 Å². The number of hydrogen-bond donors (Lipinski definition) is 0. The predicted molar refractivity (Wildman–Crippen MR) is 99.2 cm³/mol. The Morgan fingerprint density at radius 2 is 2.00 bits per heavy atom. The molecule has 2 aromatic heterocycles. The maximum Gasteiger partial charge on any atom is 0.132 e. The van der Waals surface area contributed by atoms with E-state index in [9.17, 15) is 0 Å². The van der Waals surface area contributed by atoms with Crippen molar-refractivity contribution >= 4 is 10.9 Å². The van der Waals surface area contributed by atoms with E-state index in [2.05, 4.69) is 51.3 Å². The van der Waals surface area contributed by atoms with Crippen molar-refractivity contribution in [2.75, 3.05) is 13.1 Å². The summed E-state index contributed by atoms with van der Waals surface area (Å²) < 4.78 is 2.04. The van der Waals surface area contributed by atoms with E-state index >= 15 is 0 Å². The highest BCUT2D eigenvalue weighted by Crippen LogP contribution is 2.23. The molecule has 1 saturated heterocycles. The Hall–Kier alpha value is -2.27. The second kappa shape index (κ2) is 6.92. The molecule has 0 saturated carbocycles. The third-order valence-electron chi connectivity index (χ3n) is 5.28. The van der Waals surface area contributed by atoms with E-state index in [4.69, 9.17) is 0 Å². The fourth-order valence-corrected chi connectivity index (χ4v) is 3.74. The summed E-state index contributed by atoms with van der Waals surface area (Å²) in [6.45, 7) is 5.42. The molecule has 1 aliphatic heterocycles. The van der Waals surface area contributed by atoms with E-state index in [0.29, 0.717) is 0 Å². The minimum absolute atomic E-state index is 0.719. The van der Waals surface area contributed by atoms with Gasteiger partial charge in [-0.2, -0.15) is 0 Å². The van der Waals surface area contributed by atoms with Crippen LogP contribution in [0.5, 0.6) is 0 Å². The van der Waals surface area contributed by atoms with Crippen LogP contribution in [0.15, 0.2) is 36.8 Å². The molecule has 0 atom stereocenters. The summed E-state index contributed by atoms with van der Waals surface area (Å²) in [6, 6.07) is 8.74. The Kier molecular flexibility index (Phi) is 4.49. The van der Waals surface area contributed by atoms with E-state index in [0.717, 1.165) is 43.3 Å². The second-order valence-electron chi connectivity index (χ2n) is 7.32. The van der Waals surface area contributed by atoms with Crippen molar-refractivity contribution in [3.63, 3.8) is 0 Å². The van der Waals surface area contributed by atoms with E-state index in [-0.39, 0.29) is 0 Å². The molecule has 0 aliphatic carbocycles. The standard InChI is InChI=1S/C20H25N5/c1-15-3-4-19-18(9-15)10-17(12-21-19)13-25-7-5-16(6-8-25)11-20-23-22-14-24(20)2/h3-4,9-10,12,14,16H,5-8,11,13H2,1-2H3. The Labute approximate surface area is 148 Å². The van der Waals surface area contributed by atoms with Crippen LogP contribution in [0.4, 0.5) is 0 Å². The first-order valence-corrected chi connectivity index (χ1v) is 9.08. The molecule has 25 heavy (non-hydrogen) atoms. The number of rotatable bonds is 4. The lowest BCUT2D eigenvalue weighted by Gasteiger charge is -2.31. The Morgan fingerprint density at radius 1 is 1.16 bits per heavy atom. The number of nitrogens with zero attached hydrogens (tertiary/aromatic N) is 5.